The molecule has 98 valence electrons. The summed E-state index contributed by atoms with van der Waals surface area (Å²) in [6.45, 7) is -0.0502. The SMILES string of the molecule is O=C(O)C(NC(CO)Cc1ccccc1)C1CC1. The average molecular weight is 249 g/mol. The first-order chi connectivity index (χ1) is 8.70. The van der Waals surface area contributed by atoms with E-state index < -0.39 is 12.0 Å². The third-order valence-corrected chi connectivity index (χ3v) is 3.32. The molecule has 4 heteroatoms. The molecule has 0 aromatic heterocycles. The van der Waals surface area contributed by atoms with Gasteiger partial charge in [0, 0.05) is 6.04 Å². The molecule has 1 aromatic carbocycles. The number of rotatable bonds is 7. The monoisotopic (exact) mass is 249 g/mol. The first-order valence-electron chi connectivity index (χ1n) is 6.34. The Morgan fingerprint density at radius 3 is 2.50 bits per heavy atom. The number of nitrogens with one attached hydrogen (secondary N) is 1. The Balaban J connectivity index is 1.94. The number of hydrogen-bond acceptors (Lipinski definition) is 3. The van der Waals surface area contributed by atoms with Crippen LogP contribution in [0.5, 0.6) is 0 Å². The van der Waals surface area contributed by atoms with Gasteiger partial charge >= 0.3 is 5.97 Å². The summed E-state index contributed by atoms with van der Waals surface area (Å²) < 4.78 is 0. The van der Waals surface area contributed by atoms with Gasteiger partial charge in [0.25, 0.3) is 0 Å². The lowest BCUT2D eigenvalue weighted by Gasteiger charge is -2.21. The second kappa shape index (κ2) is 5.98. The molecule has 2 unspecified atom stereocenters. The molecule has 4 nitrogen and oxygen atoms in total. The van der Waals surface area contributed by atoms with Gasteiger partial charge in [0.1, 0.15) is 6.04 Å². The summed E-state index contributed by atoms with van der Waals surface area (Å²) in [6, 6.07) is 9.07. The van der Waals surface area contributed by atoms with Crippen LogP contribution in [-0.2, 0) is 11.2 Å². The van der Waals surface area contributed by atoms with Crippen LogP contribution in [0.2, 0.25) is 0 Å². The van der Waals surface area contributed by atoms with E-state index in [2.05, 4.69) is 5.32 Å². The number of hydrogen-bond donors (Lipinski definition) is 3. The Hall–Kier alpha value is -1.39. The molecular formula is C14H19NO3. The minimum atomic E-state index is -0.816. The summed E-state index contributed by atoms with van der Waals surface area (Å²) in [5, 5.41) is 21.6. The predicted octanol–water partition coefficient (Wildman–Crippen LogP) is 1.04. The summed E-state index contributed by atoms with van der Waals surface area (Å²) in [5.41, 5.74) is 1.10. The zero-order valence-electron chi connectivity index (χ0n) is 10.2. The second-order valence-electron chi connectivity index (χ2n) is 4.89. The molecule has 1 aliphatic carbocycles. The van der Waals surface area contributed by atoms with Crippen molar-refractivity contribution >= 4 is 5.97 Å². The average Bonchev–Trinajstić information content (AvgIpc) is 3.19. The van der Waals surface area contributed by atoms with Crippen molar-refractivity contribution in [3.8, 4) is 0 Å². The van der Waals surface area contributed by atoms with Crippen molar-refractivity contribution in [1.29, 1.82) is 0 Å². The Kier molecular flexibility index (Phi) is 4.33. The van der Waals surface area contributed by atoms with E-state index in [4.69, 9.17) is 5.11 Å². The van der Waals surface area contributed by atoms with Crippen LogP contribution in [0.1, 0.15) is 18.4 Å². The highest BCUT2D eigenvalue weighted by atomic mass is 16.4. The summed E-state index contributed by atoms with van der Waals surface area (Å²) in [4.78, 5) is 11.1. The standard InChI is InChI=1S/C14H19NO3/c16-9-12(8-10-4-2-1-3-5-10)15-13(14(17)18)11-6-7-11/h1-5,11-13,15-16H,6-9H2,(H,17,18). The Labute approximate surface area is 107 Å². The van der Waals surface area contributed by atoms with Gasteiger partial charge in [-0.05, 0) is 30.7 Å². The summed E-state index contributed by atoms with van der Waals surface area (Å²) in [5.74, 6) is -0.587. The van der Waals surface area contributed by atoms with Gasteiger partial charge in [-0.25, -0.2) is 0 Å². The number of aliphatic hydroxyl groups is 1. The van der Waals surface area contributed by atoms with Crippen molar-refractivity contribution in [3.63, 3.8) is 0 Å². The van der Waals surface area contributed by atoms with E-state index in [1.807, 2.05) is 30.3 Å². The Morgan fingerprint density at radius 2 is 2.00 bits per heavy atom. The highest BCUT2D eigenvalue weighted by molar-refractivity contribution is 5.74. The minimum Gasteiger partial charge on any atom is -0.480 e. The molecule has 1 aromatic rings. The highest BCUT2D eigenvalue weighted by Crippen LogP contribution is 2.33. The Bertz CT molecular complexity index is 389. The molecule has 1 fully saturated rings. The number of carboxylic acids is 1. The summed E-state index contributed by atoms with van der Waals surface area (Å²) >= 11 is 0. The van der Waals surface area contributed by atoms with Gasteiger partial charge in [0.05, 0.1) is 6.61 Å². The first kappa shape index (κ1) is 13.1. The van der Waals surface area contributed by atoms with Gasteiger partial charge in [-0.15, -0.1) is 0 Å². The lowest BCUT2D eigenvalue weighted by Crippen LogP contribution is -2.47. The van der Waals surface area contributed by atoms with E-state index in [1.165, 1.54) is 0 Å². The molecule has 0 radical (unpaired) electrons. The van der Waals surface area contributed by atoms with Crippen LogP contribution >= 0.6 is 0 Å². The molecule has 3 N–H and O–H groups in total. The maximum absolute atomic E-state index is 11.1. The molecular weight excluding hydrogens is 230 g/mol. The molecule has 0 amide bonds. The van der Waals surface area contributed by atoms with Crippen LogP contribution in [0.4, 0.5) is 0 Å². The van der Waals surface area contributed by atoms with Crippen LogP contribution in [0.3, 0.4) is 0 Å². The van der Waals surface area contributed by atoms with Crippen molar-refractivity contribution in [2.45, 2.75) is 31.3 Å². The van der Waals surface area contributed by atoms with E-state index in [-0.39, 0.29) is 18.6 Å². The van der Waals surface area contributed by atoms with Crippen LogP contribution in [0.15, 0.2) is 30.3 Å². The van der Waals surface area contributed by atoms with E-state index in [1.54, 1.807) is 0 Å². The summed E-state index contributed by atoms with van der Waals surface area (Å²) in [6.07, 6.45) is 2.58. The quantitative estimate of drug-likeness (QED) is 0.675. The smallest absolute Gasteiger partial charge is 0.320 e. The fraction of sp³-hybridized carbons (Fsp3) is 0.500. The largest absolute Gasteiger partial charge is 0.480 e. The van der Waals surface area contributed by atoms with Gasteiger partial charge in [0.15, 0.2) is 0 Å². The number of carboxylic acid groups (broad SMARTS) is 1. The molecule has 0 aliphatic heterocycles. The molecule has 0 heterocycles. The van der Waals surface area contributed by atoms with Gasteiger partial charge in [-0.2, -0.15) is 0 Å². The van der Waals surface area contributed by atoms with Crippen molar-refractivity contribution in [1.82, 2.24) is 5.32 Å². The zero-order chi connectivity index (χ0) is 13.0. The Morgan fingerprint density at radius 1 is 1.33 bits per heavy atom. The molecule has 2 atom stereocenters. The second-order valence-corrected chi connectivity index (χ2v) is 4.89. The minimum absolute atomic E-state index is 0.0502. The third kappa shape index (κ3) is 3.55. The highest BCUT2D eigenvalue weighted by Gasteiger charge is 2.37. The first-order valence-corrected chi connectivity index (χ1v) is 6.34. The number of aliphatic carboxylic acids is 1. The number of aliphatic hydroxyl groups excluding tert-OH is 1. The maximum atomic E-state index is 11.1. The van der Waals surface area contributed by atoms with Crippen LogP contribution in [-0.4, -0.2) is 34.9 Å². The maximum Gasteiger partial charge on any atom is 0.320 e. The zero-order valence-corrected chi connectivity index (χ0v) is 10.2. The fourth-order valence-corrected chi connectivity index (χ4v) is 2.17. The van der Waals surface area contributed by atoms with Crippen molar-refractivity contribution in [2.24, 2.45) is 5.92 Å². The van der Waals surface area contributed by atoms with Crippen molar-refractivity contribution in [2.75, 3.05) is 6.61 Å². The number of carbonyl (C=O) groups is 1. The normalized spacial score (nSPS) is 18.3. The van der Waals surface area contributed by atoms with Gasteiger partial charge in [0.2, 0.25) is 0 Å². The third-order valence-electron chi connectivity index (χ3n) is 3.32. The van der Waals surface area contributed by atoms with Gasteiger partial charge in [-0.3, -0.25) is 10.1 Å². The van der Waals surface area contributed by atoms with Crippen LogP contribution < -0.4 is 5.32 Å². The molecule has 1 aliphatic rings. The van der Waals surface area contributed by atoms with E-state index in [9.17, 15) is 9.90 Å². The lowest BCUT2D eigenvalue weighted by atomic mass is 10.0. The topological polar surface area (TPSA) is 69.6 Å². The van der Waals surface area contributed by atoms with E-state index in [0.29, 0.717) is 6.42 Å². The van der Waals surface area contributed by atoms with Gasteiger partial charge < -0.3 is 10.2 Å². The molecule has 2 rings (SSSR count). The van der Waals surface area contributed by atoms with Crippen molar-refractivity contribution in [3.05, 3.63) is 35.9 Å². The lowest BCUT2D eigenvalue weighted by molar-refractivity contribution is -0.140. The molecule has 0 spiro atoms. The fourth-order valence-electron chi connectivity index (χ4n) is 2.17. The predicted molar refractivity (Wildman–Crippen MR) is 68.3 cm³/mol. The van der Waals surface area contributed by atoms with E-state index in [0.717, 1.165) is 18.4 Å². The molecule has 0 saturated heterocycles. The number of benzene rings is 1. The van der Waals surface area contributed by atoms with Crippen LogP contribution in [0.25, 0.3) is 0 Å². The molecule has 18 heavy (non-hydrogen) atoms. The van der Waals surface area contributed by atoms with E-state index >= 15 is 0 Å². The van der Waals surface area contributed by atoms with Crippen LogP contribution in [0, 0.1) is 5.92 Å². The van der Waals surface area contributed by atoms with Crippen molar-refractivity contribution < 1.29 is 15.0 Å². The summed E-state index contributed by atoms with van der Waals surface area (Å²) in [7, 11) is 0. The molecule has 1 saturated carbocycles. The van der Waals surface area contributed by atoms with Gasteiger partial charge in [-0.1, -0.05) is 30.3 Å². The molecule has 0 bridgehead atoms.